The molecule has 16 heavy (non-hydrogen) atoms. The maximum atomic E-state index is 5.69. The molecule has 0 fully saturated rings. The maximum absolute atomic E-state index is 5.69. The van der Waals surface area contributed by atoms with Gasteiger partial charge in [0.2, 0.25) is 11.9 Å². The SMILES string of the molecule is CCOc1ccccc1-n1nc(N)nc1N. The van der Waals surface area contributed by atoms with Crippen LogP contribution in [0.15, 0.2) is 24.3 Å². The fourth-order valence-electron chi connectivity index (χ4n) is 1.43. The molecule has 0 radical (unpaired) electrons. The topological polar surface area (TPSA) is 92.0 Å². The van der Waals surface area contributed by atoms with E-state index in [1.807, 2.05) is 31.2 Å². The Bertz CT molecular complexity index is 494. The number of para-hydroxylation sites is 2. The van der Waals surface area contributed by atoms with E-state index >= 15 is 0 Å². The Morgan fingerprint density at radius 1 is 1.31 bits per heavy atom. The van der Waals surface area contributed by atoms with Gasteiger partial charge in [-0.15, -0.1) is 5.10 Å². The van der Waals surface area contributed by atoms with Crippen molar-refractivity contribution in [1.29, 1.82) is 0 Å². The van der Waals surface area contributed by atoms with Crippen LogP contribution in [0, 0.1) is 0 Å². The van der Waals surface area contributed by atoms with Crippen molar-refractivity contribution < 1.29 is 4.74 Å². The van der Waals surface area contributed by atoms with E-state index in [2.05, 4.69) is 10.1 Å². The molecule has 2 aromatic rings. The zero-order valence-corrected chi connectivity index (χ0v) is 8.92. The maximum Gasteiger partial charge on any atom is 0.241 e. The van der Waals surface area contributed by atoms with Crippen LogP contribution in [-0.2, 0) is 0 Å². The zero-order valence-electron chi connectivity index (χ0n) is 8.92. The summed E-state index contributed by atoms with van der Waals surface area (Å²) in [5, 5.41) is 4.00. The number of aromatic nitrogens is 3. The summed E-state index contributed by atoms with van der Waals surface area (Å²) < 4.78 is 6.93. The van der Waals surface area contributed by atoms with Crippen molar-refractivity contribution in [1.82, 2.24) is 14.8 Å². The van der Waals surface area contributed by atoms with Gasteiger partial charge in [-0.05, 0) is 19.1 Å². The molecule has 0 saturated heterocycles. The first-order valence-corrected chi connectivity index (χ1v) is 4.92. The Labute approximate surface area is 92.8 Å². The van der Waals surface area contributed by atoms with Crippen LogP contribution in [0.5, 0.6) is 5.75 Å². The second kappa shape index (κ2) is 4.09. The highest BCUT2D eigenvalue weighted by Crippen LogP contribution is 2.23. The fourth-order valence-corrected chi connectivity index (χ4v) is 1.43. The lowest BCUT2D eigenvalue weighted by Gasteiger charge is -2.09. The minimum atomic E-state index is 0.142. The number of anilines is 2. The molecule has 0 atom stereocenters. The summed E-state index contributed by atoms with van der Waals surface area (Å²) in [6.45, 7) is 2.48. The van der Waals surface area contributed by atoms with E-state index in [0.717, 1.165) is 5.69 Å². The third-order valence-electron chi connectivity index (χ3n) is 2.04. The summed E-state index contributed by atoms with van der Waals surface area (Å²) in [6.07, 6.45) is 0. The van der Waals surface area contributed by atoms with Gasteiger partial charge in [0.25, 0.3) is 0 Å². The van der Waals surface area contributed by atoms with Gasteiger partial charge in [-0.1, -0.05) is 12.1 Å². The monoisotopic (exact) mass is 219 g/mol. The molecule has 6 nitrogen and oxygen atoms in total. The third kappa shape index (κ3) is 1.77. The molecule has 0 amide bonds. The van der Waals surface area contributed by atoms with Crippen LogP contribution in [0.2, 0.25) is 0 Å². The molecule has 0 unspecified atom stereocenters. The Kier molecular flexibility index (Phi) is 2.63. The minimum absolute atomic E-state index is 0.142. The molecule has 2 rings (SSSR count). The van der Waals surface area contributed by atoms with Crippen molar-refractivity contribution in [2.45, 2.75) is 6.92 Å². The largest absolute Gasteiger partial charge is 0.492 e. The molecule has 0 aliphatic rings. The molecule has 4 N–H and O–H groups in total. The van der Waals surface area contributed by atoms with Crippen LogP contribution >= 0.6 is 0 Å². The number of ether oxygens (including phenoxy) is 1. The molecule has 1 aromatic carbocycles. The van der Waals surface area contributed by atoms with Crippen LogP contribution < -0.4 is 16.2 Å². The van der Waals surface area contributed by atoms with Crippen molar-refractivity contribution in [3.63, 3.8) is 0 Å². The van der Waals surface area contributed by atoms with Gasteiger partial charge in [-0.2, -0.15) is 9.67 Å². The number of nitrogens with two attached hydrogens (primary N) is 2. The second-order valence-corrected chi connectivity index (χ2v) is 3.14. The second-order valence-electron chi connectivity index (χ2n) is 3.14. The number of nitrogens with zero attached hydrogens (tertiary/aromatic N) is 3. The number of benzene rings is 1. The molecule has 0 bridgehead atoms. The average Bonchev–Trinajstić information content (AvgIpc) is 2.59. The summed E-state index contributed by atoms with van der Waals surface area (Å²) in [7, 11) is 0. The molecule has 1 aromatic heterocycles. The first-order valence-electron chi connectivity index (χ1n) is 4.92. The van der Waals surface area contributed by atoms with E-state index in [-0.39, 0.29) is 11.9 Å². The van der Waals surface area contributed by atoms with Crippen LogP contribution in [-0.4, -0.2) is 21.4 Å². The number of hydrogen-bond acceptors (Lipinski definition) is 5. The van der Waals surface area contributed by atoms with Gasteiger partial charge in [0, 0.05) is 0 Å². The standard InChI is InChI=1S/C10H13N5O/c1-2-16-8-6-4-3-5-7(8)15-10(12)13-9(11)14-15/h3-6H,2H2,1H3,(H4,11,12,13,14). The highest BCUT2D eigenvalue weighted by atomic mass is 16.5. The number of rotatable bonds is 3. The summed E-state index contributed by atoms with van der Waals surface area (Å²) in [4.78, 5) is 3.84. The third-order valence-corrected chi connectivity index (χ3v) is 2.04. The van der Waals surface area contributed by atoms with Gasteiger partial charge in [-0.25, -0.2) is 0 Å². The van der Waals surface area contributed by atoms with Crippen molar-refractivity contribution in [3.05, 3.63) is 24.3 Å². The highest BCUT2D eigenvalue weighted by molar-refractivity contribution is 5.50. The smallest absolute Gasteiger partial charge is 0.241 e. The fraction of sp³-hybridized carbons (Fsp3) is 0.200. The molecular formula is C10H13N5O. The molecule has 0 aliphatic carbocycles. The molecule has 0 saturated carbocycles. The molecule has 1 heterocycles. The Morgan fingerprint density at radius 2 is 2.06 bits per heavy atom. The van der Waals surface area contributed by atoms with Crippen molar-refractivity contribution in [2.75, 3.05) is 18.1 Å². The van der Waals surface area contributed by atoms with E-state index in [1.54, 1.807) is 0 Å². The van der Waals surface area contributed by atoms with E-state index in [0.29, 0.717) is 12.4 Å². The summed E-state index contributed by atoms with van der Waals surface area (Å²) >= 11 is 0. The highest BCUT2D eigenvalue weighted by Gasteiger charge is 2.10. The van der Waals surface area contributed by atoms with E-state index in [1.165, 1.54) is 4.68 Å². The van der Waals surface area contributed by atoms with E-state index in [4.69, 9.17) is 16.2 Å². The lowest BCUT2D eigenvalue weighted by Crippen LogP contribution is -2.05. The predicted octanol–water partition coefficient (Wildman–Crippen LogP) is 0.830. The van der Waals surface area contributed by atoms with Gasteiger partial charge in [0.1, 0.15) is 11.4 Å². The normalized spacial score (nSPS) is 10.3. The molecular weight excluding hydrogens is 206 g/mol. The Balaban J connectivity index is 2.50. The molecule has 84 valence electrons. The van der Waals surface area contributed by atoms with E-state index < -0.39 is 0 Å². The van der Waals surface area contributed by atoms with Crippen molar-refractivity contribution in [3.8, 4) is 11.4 Å². The van der Waals surface area contributed by atoms with Gasteiger partial charge in [0.15, 0.2) is 0 Å². The molecule has 0 aliphatic heterocycles. The van der Waals surface area contributed by atoms with Gasteiger partial charge in [-0.3, -0.25) is 0 Å². The van der Waals surface area contributed by atoms with Crippen molar-refractivity contribution in [2.24, 2.45) is 0 Å². The van der Waals surface area contributed by atoms with Crippen LogP contribution in [0.25, 0.3) is 5.69 Å². The summed E-state index contributed by atoms with van der Waals surface area (Å²) in [5.41, 5.74) is 11.9. The van der Waals surface area contributed by atoms with Gasteiger partial charge in [0.05, 0.1) is 6.61 Å². The average molecular weight is 219 g/mol. The summed E-state index contributed by atoms with van der Waals surface area (Å²) in [6, 6.07) is 7.44. The quantitative estimate of drug-likeness (QED) is 0.797. The molecule has 0 spiro atoms. The predicted molar refractivity (Wildman–Crippen MR) is 61.4 cm³/mol. The van der Waals surface area contributed by atoms with Crippen molar-refractivity contribution >= 4 is 11.9 Å². The first-order chi connectivity index (χ1) is 7.72. The summed E-state index contributed by atoms with van der Waals surface area (Å²) in [5.74, 6) is 1.08. The van der Waals surface area contributed by atoms with Gasteiger partial charge >= 0.3 is 0 Å². The van der Waals surface area contributed by atoms with Gasteiger partial charge < -0.3 is 16.2 Å². The lowest BCUT2D eigenvalue weighted by molar-refractivity contribution is 0.338. The minimum Gasteiger partial charge on any atom is -0.492 e. The first kappa shape index (κ1) is 10.3. The van der Waals surface area contributed by atoms with E-state index in [9.17, 15) is 0 Å². The number of hydrogen-bond donors (Lipinski definition) is 2. The Morgan fingerprint density at radius 3 is 2.69 bits per heavy atom. The van der Waals surface area contributed by atoms with Crippen LogP contribution in [0.1, 0.15) is 6.92 Å². The van der Waals surface area contributed by atoms with Crippen LogP contribution in [0.4, 0.5) is 11.9 Å². The van der Waals surface area contributed by atoms with Crippen LogP contribution in [0.3, 0.4) is 0 Å². The Hall–Kier alpha value is -2.24. The number of nitrogen functional groups attached to an aromatic ring is 2. The zero-order chi connectivity index (χ0) is 11.5. The molecule has 6 heteroatoms. The lowest BCUT2D eigenvalue weighted by atomic mass is 10.3.